The molecule has 1 unspecified atom stereocenters. The number of ether oxygens (including phenoxy) is 1. The number of hydrogen-bond donors (Lipinski definition) is 2. The zero-order valence-electron chi connectivity index (χ0n) is 13.3. The number of aromatic nitrogens is 2. The summed E-state index contributed by atoms with van der Waals surface area (Å²) in [7, 11) is -4.11. The van der Waals surface area contributed by atoms with Gasteiger partial charge in [0.25, 0.3) is 0 Å². The molecule has 0 spiro atoms. The molecule has 0 radical (unpaired) electrons. The lowest BCUT2D eigenvalue weighted by Crippen LogP contribution is -2.29. The van der Waals surface area contributed by atoms with Crippen molar-refractivity contribution in [1.82, 2.24) is 9.55 Å². The number of phosphoric ester groups is 1. The molecular formula is C13H22N3O6P. The third kappa shape index (κ3) is 4.86. The number of nitrogens with zero attached hydrogens (tertiary/aromatic N) is 2. The molecule has 1 fully saturated rings. The van der Waals surface area contributed by atoms with Gasteiger partial charge in [0.15, 0.2) is 0 Å². The molecular weight excluding hydrogens is 325 g/mol. The number of rotatable bonds is 6. The number of nitrogen functional groups attached to an aromatic ring is 1. The Kier molecular flexibility index (Phi) is 5.59. The molecule has 2 rings (SSSR count). The molecule has 1 aliphatic rings. The topological polar surface area (TPSA) is 126 Å². The second kappa shape index (κ2) is 7.11. The van der Waals surface area contributed by atoms with Gasteiger partial charge in [-0.15, -0.1) is 0 Å². The van der Waals surface area contributed by atoms with Crippen LogP contribution in [0.15, 0.2) is 17.1 Å². The number of nitrogens with two attached hydrogens (primary N) is 1. The molecule has 1 aliphatic heterocycles. The predicted molar refractivity (Wildman–Crippen MR) is 82.6 cm³/mol. The van der Waals surface area contributed by atoms with Crippen molar-refractivity contribution in [2.45, 2.75) is 45.6 Å². The highest BCUT2D eigenvalue weighted by molar-refractivity contribution is 7.47. The monoisotopic (exact) mass is 347 g/mol. The van der Waals surface area contributed by atoms with E-state index in [1.165, 1.54) is 16.8 Å². The maximum absolute atomic E-state index is 11.9. The summed E-state index contributed by atoms with van der Waals surface area (Å²) < 4.78 is 28.6. The van der Waals surface area contributed by atoms with Crippen LogP contribution in [0.5, 0.6) is 0 Å². The molecule has 4 atom stereocenters. The average molecular weight is 347 g/mol. The maximum atomic E-state index is 11.9. The number of phosphoric acid groups is 1. The minimum absolute atomic E-state index is 0.0100. The van der Waals surface area contributed by atoms with Gasteiger partial charge in [0, 0.05) is 12.1 Å². The Labute approximate surface area is 134 Å². The van der Waals surface area contributed by atoms with Crippen molar-refractivity contribution in [2.75, 3.05) is 12.3 Å². The Balaban J connectivity index is 1.99. The minimum atomic E-state index is -4.11. The van der Waals surface area contributed by atoms with Gasteiger partial charge in [-0.2, -0.15) is 4.98 Å². The molecule has 0 bridgehead atoms. The van der Waals surface area contributed by atoms with E-state index in [1.54, 1.807) is 13.8 Å². The van der Waals surface area contributed by atoms with Crippen molar-refractivity contribution in [3.05, 3.63) is 22.7 Å². The first-order valence-corrected chi connectivity index (χ1v) is 8.83. The summed E-state index contributed by atoms with van der Waals surface area (Å²) >= 11 is 0. The van der Waals surface area contributed by atoms with Gasteiger partial charge in [0.2, 0.25) is 0 Å². The molecule has 0 aromatic carbocycles. The van der Waals surface area contributed by atoms with E-state index in [1.807, 2.05) is 6.92 Å². The van der Waals surface area contributed by atoms with E-state index in [9.17, 15) is 14.3 Å². The van der Waals surface area contributed by atoms with Crippen molar-refractivity contribution in [2.24, 2.45) is 5.92 Å². The Bertz CT molecular complexity index is 649. The summed E-state index contributed by atoms with van der Waals surface area (Å²) in [6.07, 6.45) is 0.724. The van der Waals surface area contributed by atoms with Crippen LogP contribution in [0.3, 0.4) is 0 Å². The lowest BCUT2D eigenvalue weighted by molar-refractivity contribution is -0.0354. The molecule has 1 aromatic rings. The molecule has 9 nitrogen and oxygen atoms in total. The van der Waals surface area contributed by atoms with Crippen LogP contribution in [-0.4, -0.2) is 33.3 Å². The Hall–Kier alpha value is -1.25. The van der Waals surface area contributed by atoms with Crippen LogP contribution in [0.2, 0.25) is 0 Å². The molecule has 1 aromatic heterocycles. The number of hydrogen-bond acceptors (Lipinski definition) is 7. The molecule has 10 heteroatoms. The Morgan fingerprint density at radius 2 is 2.30 bits per heavy atom. The van der Waals surface area contributed by atoms with E-state index < -0.39 is 31.9 Å². The number of anilines is 1. The van der Waals surface area contributed by atoms with Gasteiger partial charge in [-0.05, 0) is 26.3 Å². The molecule has 1 saturated heterocycles. The highest BCUT2D eigenvalue weighted by atomic mass is 31.2. The van der Waals surface area contributed by atoms with E-state index in [2.05, 4.69) is 4.98 Å². The first-order chi connectivity index (χ1) is 10.7. The van der Waals surface area contributed by atoms with E-state index in [0.717, 1.165) is 0 Å². The lowest BCUT2D eigenvalue weighted by Gasteiger charge is -2.19. The second-order valence-electron chi connectivity index (χ2n) is 5.82. The molecule has 0 amide bonds. The molecule has 0 aliphatic carbocycles. The summed E-state index contributed by atoms with van der Waals surface area (Å²) in [5.74, 6) is 0.152. The largest absolute Gasteiger partial charge is 0.472 e. The summed E-state index contributed by atoms with van der Waals surface area (Å²) in [4.78, 5) is 25.1. The Morgan fingerprint density at radius 3 is 2.91 bits per heavy atom. The predicted octanol–water partition coefficient (Wildman–Crippen LogP) is 1.29. The third-order valence-electron chi connectivity index (χ3n) is 3.35. The quantitative estimate of drug-likeness (QED) is 0.737. The van der Waals surface area contributed by atoms with Crippen LogP contribution < -0.4 is 11.4 Å². The summed E-state index contributed by atoms with van der Waals surface area (Å²) in [5.41, 5.74) is 4.96. The van der Waals surface area contributed by atoms with Crippen molar-refractivity contribution in [3.8, 4) is 0 Å². The van der Waals surface area contributed by atoms with Gasteiger partial charge >= 0.3 is 13.5 Å². The fourth-order valence-corrected chi connectivity index (χ4v) is 3.41. The lowest BCUT2D eigenvalue weighted by atomic mass is 10.1. The van der Waals surface area contributed by atoms with Gasteiger partial charge in [0.05, 0.1) is 18.8 Å². The van der Waals surface area contributed by atoms with Crippen molar-refractivity contribution >= 4 is 13.6 Å². The molecule has 3 N–H and O–H groups in total. The standard InChI is InChI=1S/C13H22N3O6P/c1-8(2)22-23(18,19)20-7-10-6-9(3)12(21-10)16-5-4-11(14)15-13(16)17/h4-5,8-10,12H,6-7H2,1-3H3,(H,18,19)(H2,14,15,17)/t9-,10-,12+/m0/s1. The zero-order valence-corrected chi connectivity index (χ0v) is 14.2. The van der Waals surface area contributed by atoms with Crippen LogP contribution in [0.4, 0.5) is 5.82 Å². The maximum Gasteiger partial charge on any atom is 0.472 e. The minimum Gasteiger partial charge on any atom is -0.383 e. The second-order valence-corrected chi connectivity index (χ2v) is 7.23. The average Bonchev–Trinajstić information content (AvgIpc) is 2.76. The van der Waals surface area contributed by atoms with E-state index in [4.69, 9.17) is 19.5 Å². The SMILES string of the molecule is CC(C)OP(=O)(O)OC[C@@H]1C[C@H](C)[C@H](n2ccc(N)nc2=O)O1. The van der Waals surface area contributed by atoms with Crippen LogP contribution in [0.25, 0.3) is 0 Å². The fraction of sp³-hybridized carbons (Fsp3) is 0.692. The van der Waals surface area contributed by atoms with Crippen LogP contribution in [0, 0.1) is 5.92 Å². The van der Waals surface area contributed by atoms with E-state index >= 15 is 0 Å². The fourth-order valence-electron chi connectivity index (χ4n) is 2.46. The van der Waals surface area contributed by atoms with Crippen molar-refractivity contribution < 1.29 is 23.2 Å². The smallest absolute Gasteiger partial charge is 0.383 e. The van der Waals surface area contributed by atoms with Crippen LogP contribution in [-0.2, 0) is 18.3 Å². The van der Waals surface area contributed by atoms with E-state index in [-0.39, 0.29) is 18.3 Å². The third-order valence-corrected chi connectivity index (χ3v) is 4.51. The van der Waals surface area contributed by atoms with Crippen LogP contribution >= 0.6 is 7.82 Å². The molecule has 2 heterocycles. The van der Waals surface area contributed by atoms with Gasteiger partial charge in [-0.1, -0.05) is 6.92 Å². The molecule has 0 saturated carbocycles. The van der Waals surface area contributed by atoms with Crippen LogP contribution in [0.1, 0.15) is 33.4 Å². The highest BCUT2D eigenvalue weighted by Gasteiger charge is 2.36. The zero-order chi connectivity index (χ0) is 17.2. The van der Waals surface area contributed by atoms with Crippen molar-refractivity contribution in [1.29, 1.82) is 0 Å². The van der Waals surface area contributed by atoms with Gasteiger partial charge in [-0.3, -0.25) is 13.6 Å². The highest BCUT2D eigenvalue weighted by Crippen LogP contribution is 2.45. The van der Waals surface area contributed by atoms with Gasteiger partial charge in [-0.25, -0.2) is 9.36 Å². The first-order valence-electron chi connectivity index (χ1n) is 7.34. The normalized spacial score (nSPS) is 27.3. The van der Waals surface area contributed by atoms with E-state index in [0.29, 0.717) is 6.42 Å². The molecule has 23 heavy (non-hydrogen) atoms. The summed E-state index contributed by atoms with van der Waals surface area (Å²) in [6.45, 7) is 5.09. The Morgan fingerprint density at radius 1 is 1.61 bits per heavy atom. The summed E-state index contributed by atoms with van der Waals surface area (Å²) in [5, 5.41) is 0. The van der Waals surface area contributed by atoms with Gasteiger partial charge < -0.3 is 15.4 Å². The van der Waals surface area contributed by atoms with Gasteiger partial charge in [0.1, 0.15) is 12.0 Å². The summed E-state index contributed by atoms with van der Waals surface area (Å²) in [6, 6.07) is 1.51. The van der Waals surface area contributed by atoms with Crippen molar-refractivity contribution in [3.63, 3.8) is 0 Å². The molecule has 130 valence electrons. The first kappa shape index (κ1) is 18.1.